The fraction of sp³-hybridized carbons (Fsp3) is 1.00. The van der Waals surface area contributed by atoms with Crippen molar-refractivity contribution in [3.05, 3.63) is 0 Å². The van der Waals surface area contributed by atoms with Crippen LogP contribution < -0.4 is 5.32 Å². The molecule has 0 radical (unpaired) electrons. The number of rotatable bonds is 4. The van der Waals surface area contributed by atoms with Crippen molar-refractivity contribution in [3.8, 4) is 0 Å². The van der Waals surface area contributed by atoms with Crippen LogP contribution in [0, 0.1) is 0 Å². The second-order valence-electron chi connectivity index (χ2n) is 5.70. The van der Waals surface area contributed by atoms with Crippen LogP contribution in [0.1, 0.15) is 34.6 Å². The van der Waals surface area contributed by atoms with Crippen LogP contribution in [-0.4, -0.2) is 48.8 Å². The molecule has 0 aromatic carbocycles. The zero-order chi connectivity index (χ0) is 11.5. The summed E-state index contributed by atoms with van der Waals surface area (Å²) >= 11 is 0. The van der Waals surface area contributed by atoms with Gasteiger partial charge in [-0.05, 0) is 34.2 Å². The molecule has 0 amide bonds. The molecule has 0 saturated carbocycles. The summed E-state index contributed by atoms with van der Waals surface area (Å²) in [5, 5.41) is 3.52. The Balaban J connectivity index is 2.55. The molecule has 0 bridgehead atoms. The molecule has 15 heavy (non-hydrogen) atoms. The molecule has 1 rings (SSSR count). The summed E-state index contributed by atoms with van der Waals surface area (Å²) in [6.07, 6.45) is 0. The molecule has 0 atom stereocenters. The SMILES string of the molecule is CCNC(C)(C)CN1CCOCC1(C)C. The lowest BCUT2D eigenvalue weighted by atomic mass is 9.97. The first kappa shape index (κ1) is 12.9. The van der Waals surface area contributed by atoms with Gasteiger partial charge >= 0.3 is 0 Å². The van der Waals surface area contributed by atoms with Gasteiger partial charge in [0.05, 0.1) is 13.2 Å². The lowest BCUT2D eigenvalue weighted by Gasteiger charge is -2.45. The first-order valence-corrected chi connectivity index (χ1v) is 5.95. The second kappa shape index (κ2) is 4.81. The molecule has 1 N–H and O–H groups in total. The topological polar surface area (TPSA) is 24.5 Å². The van der Waals surface area contributed by atoms with Crippen molar-refractivity contribution < 1.29 is 4.74 Å². The third kappa shape index (κ3) is 3.74. The standard InChI is InChI=1S/C12H26N2O/c1-6-13-11(2,3)9-14-7-8-15-10-12(14,4)5/h13H,6-10H2,1-5H3. The Bertz CT molecular complexity index is 202. The number of ether oxygens (including phenoxy) is 1. The van der Waals surface area contributed by atoms with Crippen LogP contribution in [0.15, 0.2) is 0 Å². The van der Waals surface area contributed by atoms with E-state index in [2.05, 4.69) is 44.8 Å². The molecule has 0 aliphatic carbocycles. The minimum atomic E-state index is 0.172. The van der Waals surface area contributed by atoms with Gasteiger partial charge in [0.15, 0.2) is 0 Å². The van der Waals surface area contributed by atoms with Crippen molar-refractivity contribution in [2.45, 2.75) is 45.7 Å². The summed E-state index contributed by atoms with van der Waals surface area (Å²) in [6, 6.07) is 0. The van der Waals surface area contributed by atoms with Crippen molar-refractivity contribution in [1.82, 2.24) is 10.2 Å². The van der Waals surface area contributed by atoms with Gasteiger partial charge in [-0.25, -0.2) is 0 Å². The lowest BCUT2D eigenvalue weighted by Crippen LogP contribution is -2.59. The molecular weight excluding hydrogens is 188 g/mol. The summed E-state index contributed by atoms with van der Waals surface area (Å²) in [7, 11) is 0. The van der Waals surface area contributed by atoms with Gasteiger partial charge in [0.25, 0.3) is 0 Å². The second-order valence-corrected chi connectivity index (χ2v) is 5.70. The van der Waals surface area contributed by atoms with Crippen LogP contribution in [0.3, 0.4) is 0 Å². The van der Waals surface area contributed by atoms with Crippen molar-refractivity contribution in [2.75, 3.05) is 32.8 Å². The lowest BCUT2D eigenvalue weighted by molar-refractivity contribution is -0.0596. The van der Waals surface area contributed by atoms with E-state index in [0.29, 0.717) is 0 Å². The van der Waals surface area contributed by atoms with E-state index in [0.717, 1.165) is 32.8 Å². The highest BCUT2D eigenvalue weighted by molar-refractivity contribution is 4.90. The van der Waals surface area contributed by atoms with Crippen LogP contribution in [0.5, 0.6) is 0 Å². The summed E-state index contributed by atoms with van der Waals surface area (Å²) in [5.74, 6) is 0. The van der Waals surface area contributed by atoms with Crippen molar-refractivity contribution in [1.29, 1.82) is 0 Å². The van der Waals surface area contributed by atoms with Gasteiger partial charge in [-0.3, -0.25) is 4.90 Å². The Morgan fingerprint density at radius 2 is 2.07 bits per heavy atom. The van der Waals surface area contributed by atoms with E-state index in [1.54, 1.807) is 0 Å². The smallest absolute Gasteiger partial charge is 0.0645 e. The monoisotopic (exact) mass is 214 g/mol. The minimum absolute atomic E-state index is 0.172. The third-order valence-corrected chi connectivity index (χ3v) is 3.06. The molecule has 3 heteroatoms. The summed E-state index contributed by atoms with van der Waals surface area (Å²) in [4.78, 5) is 2.53. The number of nitrogens with one attached hydrogen (secondary N) is 1. The van der Waals surface area contributed by atoms with Gasteiger partial charge in [0.1, 0.15) is 0 Å². The van der Waals surface area contributed by atoms with Crippen molar-refractivity contribution in [3.63, 3.8) is 0 Å². The molecule has 90 valence electrons. The summed E-state index contributed by atoms with van der Waals surface area (Å²) < 4.78 is 5.53. The third-order valence-electron chi connectivity index (χ3n) is 3.06. The summed E-state index contributed by atoms with van der Waals surface area (Å²) in [5.41, 5.74) is 0.355. The van der Waals surface area contributed by atoms with E-state index in [1.165, 1.54) is 0 Å². The molecular formula is C12H26N2O. The highest BCUT2D eigenvalue weighted by Gasteiger charge is 2.33. The Morgan fingerprint density at radius 1 is 1.40 bits per heavy atom. The van der Waals surface area contributed by atoms with Gasteiger partial charge in [-0.2, -0.15) is 0 Å². The Labute approximate surface area is 94.2 Å². The predicted octanol–water partition coefficient (Wildman–Crippen LogP) is 1.49. The molecule has 0 aromatic rings. The predicted molar refractivity (Wildman–Crippen MR) is 64.2 cm³/mol. The fourth-order valence-electron chi connectivity index (χ4n) is 2.20. The quantitative estimate of drug-likeness (QED) is 0.767. The molecule has 1 saturated heterocycles. The zero-order valence-corrected chi connectivity index (χ0v) is 10.9. The van der Waals surface area contributed by atoms with E-state index < -0.39 is 0 Å². The molecule has 1 heterocycles. The zero-order valence-electron chi connectivity index (χ0n) is 10.9. The summed E-state index contributed by atoms with van der Waals surface area (Å²) in [6.45, 7) is 16.1. The number of nitrogens with zero attached hydrogens (tertiary/aromatic N) is 1. The van der Waals surface area contributed by atoms with E-state index >= 15 is 0 Å². The maximum Gasteiger partial charge on any atom is 0.0645 e. The van der Waals surface area contributed by atoms with Crippen LogP contribution in [-0.2, 0) is 4.74 Å². The van der Waals surface area contributed by atoms with Gasteiger partial charge in [-0.15, -0.1) is 0 Å². The highest BCUT2D eigenvalue weighted by Crippen LogP contribution is 2.21. The largest absolute Gasteiger partial charge is 0.378 e. The van der Waals surface area contributed by atoms with Crippen LogP contribution >= 0.6 is 0 Å². The number of morpholine rings is 1. The van der Waals surface area contributed by atoms with E-state index in [9.17, 15) is 0 Å². The normalized spacial score (nSPS) is 23.0. The molecule has 1 aliphatic heterocycles. The van der Waals surface area contributed by atoms with Crippen molar-refractivity contribution >= 4 is 0 Å². The number of likely N-dealkylation sites (N-methyl/N-ethyl adjacent to an activating group) is 1. The average Bonchev–Trinajstić information content (AvgIpc) is 2.08. The van der Waals surface area contributed by atoms with Gasteiger partial charge in [-0.1, -0.05) is 6.92 Å². The van der Waals surface area contributed by atoms with Gasteiger partial charge < -0.3 is 10.1 Å². The first-order valence-electron chi connectivity index (χ1n) is 5.95. The molecule has 0 spiro atoms. The van der Waals surface area contributed by atoms with E-state index in [4.69, 9.17) is 4.74 Å². The fourth-order valence-corrected chi connectivity index (χ4v) is 2.20. The molecule has 0 aromatic heterocycles. The highest BCUT2D eigenvalue weighted by atomic mass is 16.5. The number of hydrogen-bond donors (Lipinski definition) is 1. The van der Waals surface area contributed by atoms with Crippen LogP contribution in [0.2, 0.25) is 0 Å². The Hall–Kier alpha value is -0.120. The Morgan fingerprint density at radius 3 is 2.60 bits per heavy atom. The molecule has 1 fully saturated rings. The molecule has 3 nitrogen and oxygen atoms in total. The maximum absolute atomic E-state index is 5.53. The van der Waals surface area contributed by atoms with E-state index in [1.807, 2.05) is 0 Å². The minimum Gasteiger partial charge on any atom is -0.378 e. The van der Waals surface area contributed by atoms with Gasteiger partial charge in [0.2, 0.25) is 0 Å². The maximum atomic E-state index is 5.53. The van der Waals surface area contributed by atoms with Crippen molar-refractivity contribution in [2.24, 2.45) is 0 Å². The first-order chi connectivity index (χ1) is 6.87. The van der Waals surface area contributed by atoms with Crippen LogP contribution in [0.4, 0.5) is 0 Å². The Kier molecular flexibility index (Phi) is 4.15. The van der Waals surface area contributed by atoms with Gasteiger partial charge in [0, 0.05) is 24.2 Å². The molecule has 1 aliphatic rings. The van der Waals surface area contributed by atoms with Crippen LogP contribution in [0.25, 0.3) is 0 Å². The van der Waals surface area contributed by atoms with E-state index in [-0.39, 0.29) is 11.1 Å². The number of hydrogen-bond acceptors (Lipinski definition) is 3. The average molecular weight is 214 g/mol. The molecule has 0 unspecified atom stereocenters.